The van der Waals surface area contributed by atoms with Gasteiger partial charge in [-0.05, 0) is 73.3 Å². The molecule has 1 atom stereocenters. The van der Waals surface area contributed by atoms with E-state index in [0.717, 1.165) is 32.2 Å². The largest absolute Gasteiger partial charge is 0.338 e. The smallest absolute Gasteiger partial charge is 0.317 e. The molecule has 3 aromatic rings. The highest BCUT2D eigenvalue weighted by atomic mass is 16.2. The monoisotopic (exact) mass is 469 g/mol. The molecule has 1 heterocycles. The number of aryl methyl sites for hydroxylation is 2. The predicted molar refractivity (Wildman–Crippen MR) is 143 cm³/mol. The molecule has 2 amide bonds. The fraction of sp³-hybridized carbons (Fsp3) is 0.419. The minimum Gasteiger partial charge on any atom is -0.338 e. The highest BCUT2D eigenvalue weighted by Crippen LogP contribution is 2.38. The maximum Gasteiger partial charge on any atom is 0.317 e. The zero-order valence-electron chi connectivity index (χ0n) is 20.8. The van der Waals surface area contributed by atoms with Crippen molar-refractivity contribution in [2.45, 2.75) is 63.8 Å². The van der Waals surface area contributed by atoms with Crippen LogP contribution >= 0.6 is 0 Å². The van der Waals surface area contributed by atoms with Crippen LogP contribution in [0.2, 0.25) is 0 Å². The number of aromatic nitrogens is 1. The summed E-state index contributed by atoms with van der Waals surface area (Å²) in [5, 5.41) is 3.26. The lowest BCUT2D eigenvalue weighted by atomic mass is 9.80. The number of rotatable bonds is 11. The molecule has 1 saturated carbocycles. The summed E-state index contributed by atoms with van der Waals surface area (Å²) in [7, 11) is 0. The van der Waals surface area contributed by atoms with Gasteiger partial charge in [0.15, 0.2) is 0 Å². The first-order valence-electron chi connectivity index (χ1n) is 13.3. The SMILES string of the molecule is O=C(NCCCc1ccncc1)N(CCCc1ccccc1)C(c1ccccc1)C1CCCCC1. The van der Waals surface area contributed by atoms with Gasteiger partial charge in [0.25, 0.3) is 0 Å². The molecule has 184 valence electrons. The number of pyridine rings is 1. The molecular formula is C31H39N3O. The number of carbonyl (C=O) groups is 1. The Bertz CT molecular complexity index is 988. The van der Waals surface area contributed by atoms with Crippen molar-refractivity contribution in [3.8, 4) is 0 Å². The van der Waals surface area contributed by atoms with Gasteiger partial charge < -0.3 is 10.2 Å². The molecule has 1 aliphatic rings. The zero-order valence-corrected chi connectivity index (χ0v) is 20.8. The molecule has 2 aromatic carbocycles. The molecule has 4 nitrogen and oxygen atoms in total. The summed E-state index contributed by atoms with van der Waals surface area (Å²) in [6, 6.07) is 25.6. The van der Waals surface area contributed by atoms with E-state index in [1.54, 1.807) is 0 Å². The summed E-state index contributed by atoms with van der Waals surface area (Å²) in [5.41, 5.74) is 3.86. The van der Waals surface area contributed by atoms with Gasteiger partial charge in [0.05, 0.1) is 6.04 Å². The minimum absolute atomic E-state index is 0.0761. The number of hydrogen-bond donors (Lipinski definition) is 1. The molecule has 4 heteroatoms. The minimum atomic E-state index is 0.0761. The van der Waals surface area contributed by atoms with Crippen LogP contribution in [-0.2, 0) is 12.8 Å². The van der Waals surface area contributed by atoms with E-state index >= 15 is 0 Å². The molecule has 35 heavy (non-hydrogen) atoms. The molecule has 1 aliphatic carbocycles. The summed E-state index contributed by atoms with van der Waals surface area (Å²) in [4.78, 5) is 19.9. The van der Waals surface area contributed by atoms with Gasteiger partial charge in [-0.3, -0.25) is 4.98 Å². The Balaban J connectivity index is 1.46. The molecule has 1 unspecified atom stereocenters. The van der Waals surface area contributed by atoms with E-state index < -0.39 is 0 Å². The van der Waals surface area contributed by atoms with Gasteiger partial charge in [-0.15, -0.1) is 0 Å². The van der Waals surface area contributed by atoms with Crippen molar-refractivity contribution in [3.05, 3.63) is 102 Å². The van der Waals surface area contributed by atoms with Crippen LogP contribution in [-0.4, -0.2) is 29.0 Å². The van der Waals surface area contributed by atoms with E-state index in [4.69, 9.17) is 0 Å². The van der Waals surface area contributed by atoms with Crippen LogP contribution in [0.15, 0.2) is 85.2 Å². The van der Waals surface area contributed by atoms with Gasteiger partial charge >= 0.3 is 6.03 Å². The average molecular weight is 470 g/mol. The van der Waals surface area contributed by atoms with Crippen LogP contribution in [0.1, 0.15) is 67.7 Å². The maximum absolute atomic E-state index is 13.7. The molecule has 1 aromatic heterocycles. The Morgan fingerprint density at radius 1 is 0.829 bits per heavy atom. The number of carbonyl (C=O) groups excluding carboxylic acids is 1. The summed E-state index contributed by atoms with van der Waals surface area (Å²) in [5.74, 6) is 0.519. The second-order valence-corrected chi connectivity index (χ2v) is 9.73. The number of amides is 2. The van der Waals surface area contributed by atoms with E-state index in [1.807, 2.05) is 24.5 Å². The van der Waals surface area contributed by atoms with Gasteiger partial charge in [-0.1, -0.05) is 79.9 Å². The van der Waals surface area contributed by atoms with Gasteiger partial charge in [0.1, 0.15) is 0 Å². The van der Waals surface area contributed by atoms with Crippen LogP contribution in [0, 0.1) is 5.92 Å². The van der Waals surface area contributed by atoms with Gasteiger partial charge in [-0.25, -0.2) is 4.79 Å². The third-order valence-corrected chi connectivity index (χ3v) is 7.21. The normalized spacial score (nSPS) is 14.9. The molecule has 0 radical (unpaired) electrons. The first kappa shape index (κ1) is 25.0. The Morgan fingerprint density at radius 3 is 2.17 bits per heavy atom. The highest BCUT2D eigenvalue weighted by molar-refractivity contribution is 5.74. The molecule has 1 N–H and O–H groups in total. The summed E-state index contributed by atoms with van der Waals surface area (Å²) in [6.45, 7) is 1.45. The van der Waals surface area contributed by atoms with Crippen molar-refractivity contribution >= 4 is 6.03 Å². The third-order valence-electron chi connectivity index (χ3n) is 7.21. The zero-order chi connectivity index (χ0) is 24.1. The highest BCUT2D eigenvalue weighted by Gasteiger charge is 2.32. The van der Waals surface area contributed by atoms with E-state index in [2.05, 4.69) is 75.9 Å². The van der Waals surface area contributed by atoms with E-state index in [1.165, 1.54) is 48.8 Å². The summed E-state index contributed by atoms with van der Waals surface area (Å²) < 4.78 is 0. The lowest BCUT2D eigenvalue weighted by molar-refractivity contribution is 0.128. The fourth-order valence-electron chi connectivity index (χ4n) is 5.41. The quantitative estimate of drug-likeness (QED) is 0.308. The average Bonchev–Trinajstić information content (AvgIpc) is 2.93. The van der Waals surface area contributed by atoms with E-state index in [-0.39, 0.29) is 12.1 Å². The van der Waals surface area contributed by atoms with Gasteiger partial charge in [-0.2, -0.15) is 0 Å². The molecule has 4 rings (SSSR count). The number of urea groups is 1. The summed E-state index contributed by atoms with van der Waals surface area (Å²) >= 11 is 0. The third kappa shape index (κ3) is 7.68. The molecule has 0 bridgehead atoms. The number of benzene rings is 2. The maximum atomic E-state index is 13.7. The molecule has 0 aliphatic heterocycles. The summed E-state index contributed by atoms with van der Waals surface area (Å²) in [6.07, 6.45) is 13.7. The molecule has 1 fully saturated rings. The molecule has 0 spiro atoms. The number of nitrogens with zero attached hydrogens (tertiary/aromatic N) is 2. The second-order valence-electron chi connectivity index (χ2n) is 9.73. The van der Waals surface area contributed by atoms with Crippen LogP contribution in [0.3, 0.4) is 0 Å². The standard InChI is InChI=1S/C31H39N3O/c35-31(33-22-10-14-27-20-23-32-24-21-27)34(25-11-15-26-12-4-1-5-13-26)30(28-16-6-2-7-17-28)29-18-8-3-9-19-29/h1-2,4-7,12-13,16-17,20-21,23-24,29-30H,3,8-11,14-15,18-19,22,25H2,(H,33,35). The van der Waals surface area contributed by atoms with Crippen molar-refractivity contribution in [2.75, 3.05) is 13.1 Å². The van der Waals surface area contributed by atoms with Crippen molar-refractivity contribution in [3.63, 3.8) is 0 Å². The lowest BCUT2D eigenvalue weighted by Gasteiger charge is -2.39. The molecular weight excluding hydrogens is 430 g/mol. The number of hydrogen-bond acceptors (Lipinski definition) is 2. The van der Waals surface area contributed by atoms with Crippen LogP contribution < -0.4 is 5.32 Å². The first-order valence-corrected chi connectivity index (χ1v) is 13.3. The topological polar surface area (TPSA) is 45.2 Å². The Kier molecular flexibility index (Phi) is 9.75. The fourth-order valence-corrected chi connectivity index (χ4v) is 5.41. The Labute approximate surface area is 210 Å². The Morgan fingerprint density at radius 2 is 1.46 bits per heavy atom. The van der Waals surface area contributed by atoms with Crippen molar-refractivity contribution in [1.29, 1.82) is 0 Å². The van der Waals surface area contributed by atoms with Gasteiger partial charge in [0.2, 0.25) is 0 Å². The van der Waals surface area contributed by atoms with E-state index in [0.29, 0.717) is 12.5 Å². The van der Waals surface area contributed by atoms with Crippen molar-refractivity contribution in [1.82, 2.24) is 15.2 Å². The van der Waals surface area contributed by atoms with Crippen molar-refractivity contribution in [2.24, 2.45) is 5.92 Å². The first-order chi connectivity index (χ1) is 17.3. The number of nitrogens with one attached hydrogen (secondary N) is 1. The van der Waals surface area contributed by atoms with Crippen LogP contribution in [0.25, 0.3) is 0 Å². The van der Waals surface area contributed by atoms with Gasteiger partial charge in [0, 0.05) is 25.5 Å². The van der Waals surface area contributed by atoms with Crippen molar-refractivity contribution < 1.29 is 4.79 Å². The lowest BCUT2D eigenvalue weighted by Crippen LogP contribution is -2.45. The molecule has 0 saturated heterocycles. The Hall–Kier alpha value is -3.14. The second kappa shape index (κ2) is 13.7. The van der Waals surface area contributed by atoms with Crippen LogP contribution in [0.4, 0.5) is 4.79 Å². The van der Waals surface area contributed by atoms with E-state index in [9.17, 15) is 4.79 Å². The predicted octanol–water partition coefficient (Wildman–Crippen LogP) is 6.98. The van der Waals surface area contributed by atoms with Crippen LogP contribution in [0.5, 0.6) is 0 Å².